The number of nitrogens with zero attached hydrogens (tertiary/aromatic N) is 1. The third-order valence-corrected chi connectivity index (χ3v) is 4.14. The lowest BCUT2D eigenvalue weighted by atomic mass is 10.1. The Hall–Kier alpha value is -1.37. The van der Waals surface area contributed by atoms with Crippen molar-refractivity contribution >= 4 is 17.6 Å². The fourth-order valence-electron chi connectivity index (χ4n) is 2.59. The summed E-state index contributed by atoms with van der Waals surface area (Å²) in [5.74, 6) is -0.421. The van der Waals surface area contributed by atoms with Gasteiger partial charge < -0.3 is 15.4 Å². The number of amides is 2. The Morgan fingerprint density at radius 3 is 3.04 bits per heavy atom. The molecule has 0 spiro atoms. The summed E-state index contributed by atoms with van der Waals surface area (Å²) >= 11 is 6.00. The van der Waals surface area contributed by atoms with E-state index >= 15 is 0 Å². The molecule has 0 aromatic heterocycles. The molecule has 2 N–H and O–H groups in total. The van der Waals surface area contributed by atoms with Crippen LogP contribution in [0.3, 0.4) is 0 Å². The average molecular weight is 344 g/mol. The smallest absolute Gasteiger partial charge is 0.315 e. The van der Waals surface area contributed by atoms with Gasteiger partial charge in [-0.25, -0.2) is 9.18 Å². The van der Waals surface area contributed by atoms with Crippen molar-refractivity contribution in [2.45, 2.75) is 19.4 Å². The number of rotatable bonds is 5. The summed E-state index contributed by atoms with van der Waals surface area (Å²) in [7, 11) is 0. The van der Waals surface area contributed by atoms with Crippen molar-refractivity contribution in [3.8, 4) is 0 Å². The van der Waals surface area contributed by atoms with Gasteiger partial charge in [0.1, 0.15) is 5.82 Å². The molecular formula is C16H23ClFN3O2. The molecule has 5 nitrogen and oxygen atoms in total. The number of carbonyl (C=O) groups excluding carboxylic acids is 1. The van der Waals surface area contributed by atoms with Crippen LogP contribution in [0.5, 0.6) is 0 Å². The molecule has 2 amide bonds. The van der Waals surface area contributed by atoms with Crippen LogP contribution in [0.25, 0.3) is 0 Å². The Labute approximate surface area is 141 Å². The molecule has 1 atom stereocenters. The van der Waals surface area contributed by atoms with E-state index in [0.717, 1.165) is 39.3 Å². The van der Waals surface area contributed by atoms with Gasteiger partial charge in [-0.1, -0.05) is 17.7 Å². The van der Waals surface area contributed by atoms with Gasteiger partial charge in [0, 0.05) is 43.4 Å². The number of benzene rings is 1. The van der Waals surface area contributed by atoms with Crippen LogP contribution in [-0.4, -0.2) is 50.3 Å². The second-order valence-corrected chi connectivity index (χ2v) is 5.97. The molecule has 1 aliphatic rings. The van der Waals surface area contributed by atoms with Crippen molar-refractivity contribution in [2.75, 3.05) is 39.4 Å². The standard InChI is InChI=1S/C16H23ClFN3O2/c1-12(15-13(17)4-2-5-14(15)18)20-16(22)19-6-8-21-7-3-10-23-11-9-21/h2,4-5,12H,3,6-11H2,1H3,(H2,19,20,22)/t12-/m1/s1. The van der Waals surface area contributed by atoms with Gasteiger partial charge in [0.2, 0.25) is 0 Å². The van der Waals surface area contributed by atoms with Crippen LogP contribution in [0.4, 0.5) is 9.18 Å². The molecule has 1 heterocycles. The number of ether oxygens (including phenoxy) is 1. The maximum Gasteiger partial charge on any atom is 0.315 e. The molecule has 1 aromatic carbocycles. The summed E-state index contributed by atoms with van der Waals surface area (Å²) in [5, 5.41) is 5.81. The number of urea groups is 1. The van der Waals surface area contributed by atoms with Crippen LogP contribution < -0.4 is 10.6 Å². The highest BCUT2D eigenvalue weighted by molar-refractivity contribution is 6.31. The highest BCUT2D eigenvalue weighted by Crippen LogP contribution is 2.25. The van der Waals surface area contributed by atoms with E-state index in [4.69, 9.17) is 16.3 Å². The lowest BCUT2D eigenvalue weighted by Gasteiger charge is -2.20. The zero-order valence-electron chi connectivity index (χ0n) is 13.3. The van der Waals surface area contributed by atoms with E-state index in [-0.39, 0.29) is 6.03 Å². The average Bonchev–Trinajstić information content (AvgIpc) is 2.75. The Kier molecular flexibility index (Phi) is 7.08. The van der Waals surface area contributed by atoms with Crippen LogP contribution in [-0.2, 0) is 4.74 Å². The summed E-state index contributed by atoms with van der Waals surface area (Å²) in [6.07, 6.45) is 1.01. The van der Waals surface area contributed by atoms with Crippen LogP contribution in [0.2, 0.25) is 5.02 Å². The highest BCUT2D eigenvalue weighted by atomic mass is 35.5. The first-order valence-electron chi connectivity index (χ1n) is 7.86. The minimum Gasteiger partial charge on any atom is -0.380 e. The number of carbonyl (C=O) groups is 1. The van der Waals surface area contributed by atoms with Gasteiger partial charge in [0.25, 0.3) is 0 Å². The van der Waals surface area contributed by atoms with E-state index in [1.807, 2.05) is 0 Å². The normalized spacial score (nSPS) is 17.3. The zero-order valence-corrected chi connectivity index (χ0v) is 14.0. The Bertz CT molecular complexity index is 502. The fourth-order valence-corrected chi connectivity index (χ4v) is 2.92. The number of nitrogens with one attached hydrogen (secondary N) is 2. The van der Waals surface area contributed by atoms with Crippen LogP contribution in [0.15, 0.2) is 18.2 Å². The van der Waals surface area contributed by atoms with Crippen molar-refractivity contribution in [3.63, 3.8) is 0 Å². The maximum absolute atomic E-state index is 13.8. The first-order chi connectivity index (χ1) is 11.1. The molecule has 0 unspecified atom stereocenters. The SMILES string of the molecule is C[C@@H](NC(=O)NCCN1CCCOCC1)c1c(F)cccc1Cl. The summed E-state index contributed by atoms with van der Waals surface area (Å²) in [4.78, 5) is 14.2. The van der Waals surface area contributed by atoms with Crippen molar-refractivity contribution in [1.29, 1.82) is 0 Å². The van der Waals surface area contributed by atoms with Crippen LogP contribution in [0.1, 0.15) is 24.9 Å². The van der Waals surface area contributed by atoms with Gasteiger partial charge in [0.15, 0.2) is 0 Å². The molecule has 1 aliphatic heterocycles. The number of hydrogen-bond acceptors (Lipinski definition) is 3. The third-order valence-electron chi connectivity index (χ3n) is 3.81. The van der Waals surface area contributed by atoms with Gasteiger partial charge in [-0.3, -0.25) is 4.90 Å². The lowest BCUT2D eigenvalue weighted by molar-refractivity contribution is 0.141. The van der Waals surface area contributed by atoms with E-state index in [9.17, 15) is 9.18 Å². The quantitative estimate of drug-likeness (QED) is 0.864. The molecule has 128 valence electrons. The first-order valence-corrected chi connectivity index (χ1v) is 8.24. The summed E-state index contributed by atoms with van der Waals surface area (Å²) < 4.78 is 19.2. The van der Waals surface area contributed by atoms with Crippen LogP contribution >= 0.6 is 11.6 Å². The number of halogens is 2. The van der Waals surface area contributed by atoms with E-state index < -0.39 is 11.9 Å². The van der Waals surface area contributed by atoms with Crippen LogP contribution in [0, 0.1) is 5.82 Å². The second-order valence-electron chi connectivity index (χ2n) is 5.56. The lowest BCUT2D eigenvalue weighted by Crippen LogP contribution is -2.41. The van der Waals surface area contributed by atoms with Gasteiger partial charge in [-0.2, -0.15) is 0 Å². The molecule has 0 saturated carbocycles. The van der Waals surface area contributed by atoms with E-state index in [1.165, 1.54) is 6.07 Å². The molecule has 7 heteroatoms. The van der Waals surface area contributed by atoms with Gasteiger partial charge >= 0.3 is 6.03 Å². The highest BCUT2D eigenvalue weighted by Gasteiger charge is 2.17. The van der Waals surface area contributed by atoms with E-state index in [1.54, 1.807) is 19.1 Å². The summed E-state index contributed by atoms with van der Waals surface area (Å²) in [6, 6.07) is 3.65. The second kappa shape index (κ2) is 9.05. The predicted molar refractivity (Wildman–Crippen MR) is 88.2 cm³/mol. The Morgan fingerprint density at radius 2 is 2.26 bits per heavy atom. The minimum atomic E-state index is -0.504. The zero-order chi connectivity index (χ0) is 16.7. The topological polar surface area (TPSA) is 53.6 Å². The van der Waals surface area contributed by atoms with E-state index in [2.05, 4.69) is 15.5 Å². The van der Waals surface area contributed by atoms with Crippen molar-refractivity contribution < 1.29 is 13.9 Å². The molecule has 2 rings (SSSR count). The van der Waals surface area contributed by atoms with Crippen molar-refractivity contribution in [3.05, 3.63) is 34.6 Å². The number of hydrogen-bond donors (Lipinski definition) is 2. The predicted octanol–water partition coefficient (Wildman–Crippen LogP) is 2.56. The molecule has 1 saturated heterocycles. The maximum atomic E-state index is 13.8. The van der Waals surface area contributed by atoms with E-state index in [0.29, 0.717) is 17.1 Å². The minimum absolute atomic E-state index is 0.300. The molecule has 0 aliphatic carbocycles. The molecule has 1 fully saturated rings. The Balaban J connectivity index is 1.75. The molecular weight excluding hydrogens is 321 g/mol. The molecule has 23 heavy (non-hydrogen) atoms. The summed E-state index contributed by atoms with van der Waals surface area (Å²) in [5.41, 5.74) is 0.300. The fraction of sp³-hybridized carbons (Fsp3) is 0.562. The monoisotopic (exact) mass is 343 g/mol. The Morgan fingerprint density at radius 1 is 1.43 bits per heavy atom. The first kappa shape index (κ1) is 18.0. The van der Waals surface area contributed by atoms with Gasteiger partial charge in [-0.05, 0) is 25.5 Å². The third kappa shape index (κ3) is 5.64. The molecule has 0 bridgehead atoms. The van der Waals surface area contributed by atoms with Crippen molar-refractivity contribution in [1.82, 2.24) is 15.5 Å². The van der Waals surface area contributed by atoms with Gasteiger partial charge in [-0.15, -0.1) is 0 Å². The molecule has 1 aromatic rings. The molecule has 0 radical (unpaired) electrons. The van der Waals surface area contributed by atoms with Crippen molar-refractivity contribution in [2.24, 2.45) is 0 Å². The largest absolute Gasteiger partial charge is 0.380 e. The summed E-state index contributed by atoms with van der Waals surface area (Å²) in [6.45, 7) is 6.39. The van der Waals surface area contributed by atoms with Gasteiger partial charge in [0.05, 0.1) is 12.6 Å².